The fourth-order valence-corrected chi connectivity index (χ4v) is 3.31. The Balaban J connectivity index is 0.000000741. The molecule has 0 amide bonds. The van der Waals surface area contributed by atoms with Crippen LogP contribution in [-0.2, 0) is 0 Å². The zero-order valence-electron chi connectivity index (χ0n) is 13.6. The Morgan fingerprint density at radius 1 is 0.632 bits per heavy atom. The molecular weight excluding hydrogens is 236 g/mol. The van der Waals surface area contributed by atoms with Crippen LogP contribution < -0.4 is 0 Å². The summed E-state index contributed by atoms with van der Waals surface area (Å²) < 4.78 is 0. The summed E-state index contributed by atoms with van der Waals surface area (Å²) in [5, 5.41) is 19.8. The van der Waals surface area contributed by atoms with Gasteiger partial charge in [0, 0.05) is 0 Å². The van der Waals surface area contributed by atoms with Crippen molar-refractivity contribution in [1.29, 1.82) is 0 Å². The quantitative estimate of drug-likeness (QED) is 0.775. The van der Waals surface area contributed by atoms with E-state index in [-0.39, 0.29) is 12.2 Å². The monoisotopic (exact) mass is 272 g/mol. The molecule has 2 nitrogen and oxygen atoms in total. The topological polar surface area (TPSA) is 40.5 Å². The van der Waals surface area contributed by atoms with Gasteiger partial charge >= 0.3 is 0 Å². The van der Waals surface area contributed by atoms with Crippen LogP contribution in [0.1, 0.15) is 85.5 Å². The molecule has 0 saturated heterocycles. The molecule has 4 unspecified atom stereocenters. The first-order valence-corrected chi connectivity index (χ1v) is 8.63. The van der Waals surface area contributed by atoms with Gasteiger partial charge in [-0.25, -0.2) is 0 Å². The average Bonchev–Trinajstić information content (AvgIpc) is 2.48. The van der Waals surface area contributed by atoms with Gasteiger partial charge in [0.25, 0.3) is 0 Å². The number of aliphatic hydroxyl groups is 2. The normalized spacial score (nSPS) is 34.4. The summed E-state index contributed by atoms with van der Waals surface area (Å²) in [5.74, 6) is 0.938. The van der Waals surface area contributed by atoms with Crippen LogP contribution in [0.25, 0.3) is 0 Å². The van der Waals surface area contributed by atoms with Gasteiger partial charge in [-0.3, -0.25) is 0 Å². The molecule has 0 heterocycles. The number of hydrogen-bond acceptors (Lipinski definition) is 2. The minimum atomic E-state index is -0.0899. The predicted molar refractivity (Wildman–Crippen MR) is 83.2 cm³/mol. The molecule has 2 aliphatic carbocycles. The minimum Gasteiger partial charge on any atom is -0.393 e. The van der Waals surface area contributed by atoms with E-state index in [2.05, 4.69) is 0 Å². The highest BCUT2D eigenvalue weighted by Crippen LogP contribution is 2.35. The van der Waals surface area contributed by atoms with Gasteiger partial charge in [0.2, 0.25) is 0 Å². The van der Waals surface area contributed by atoms with E-state index in [0.29, 0.717) is 11.8 Å². The first kappa shape index (κ1) is 18.9. The Morgan fingerprint density at radius 2 is 0.947 bits per heavy atom. The molecule has 0 aliphatic heterocycles. The number of rotatable bonds is 2. The first-order valence-electron chi connectivity index (χ1n) is 8.63. The lowest BCUT2D eigenvalue weighted by Crippen LogP contribution is -2.32. The van der Waals surface area contributed by atoms with Crippen molar-refractivity contribution in [2.24, 2.45) is 11.8 Å². The van der Waals surface area contributed by atoms with Gasteiger partial charge in [0.15, 0.2) is 0 Å². The van der Waals surface area contributed by atoms with Crippen molar-refractivity contribution in [3.63, 3.8) is 0 Å². The standard InChI is InChI=1S/C13H24O2.2C2H6/c14-12-7-3-1-5-10(12)9-11-6-2-4-8-13(11)15;2*1-2/h10-15H,1-9H2;2*1-2H3. The van der Waals surface area contributed by atoms with Crippen molar-refractivity contribution in [3.05, 3.63) is 0 Å². The number of aliphatic hydroxyl groups excluding tert-OH is 2. The highest BCUT2D eigenvalue weighted by atomic mass is 16.3. The highest BCUT2D eigenvalue weighted by molar-refractivity contribution is 4.82. The molecule has 2 aliphatic rings. The van der Waals surface area contributed by atoms with Crippen molar-refractivity contribution < 1.29 is 10.2 Å². The molecule has 116 valence electrons. The lowest BCUT2D eigenvalue weighted by atomic mass is 9.75. The summed E-state index contributed by atoms with van der Waals surface area (Å²) in [4.78, 5) is 0. The lowest BCUT2D eigenvalue weighted by molar-refractivity contribution is 0.0138. The maximum Gasteiger partial charge on any atom is 0.0568 e. The third-order valence-corrected chi connectivity index (χ3v) is 4.34. The van der Waals surface area contributed by atoms with Crippen molar-refractivity contribution >= 4 is 0 Å². The SMILES string of the molecule is CC.CC.OC1CCCCC1CC1CCCCC1O. The van der Waals surface area contributed by atoms with E-state index in [1.165, 1.54) is 38.5 Å². The Bertz CT molecular complexity index is 174. The molecular formula is C17H36O2. The molecule has 0 spiro atoms. The van der Waals surface area contributed by atoms with E-state index in [0.717, 1.165) is 19.3 Å². The van der Waals surface area contributed by atoms with Crippen LogP contribution in [0.5, 0.6) is 0 Å². The van der Waals surface area contributed by atoms with Gasteiger partial charge in [0.05, 0.1) is 12.2 Å². The molecule has 2 heteroatoms. The van der Waals surface area contributed by atoms with Gasteiger partial charge < -0.3 is 10.2 Å². The highest BCUT2D eigenvalue weighted by Gasteiger charge is 2.30. The van der Waals surface area contributed by atoms with E-state index in [1.807, 2.05) is 27.7 Å². The zero-order chi connectivity index (χ0) is 14.7. The molecule has 0 radical (unpaired) electrons. The molecule has 4 atom stereocenters. The Labute approximate surface area is 120 Å². The smallest absolute Gasteiger partial charge is 0.0568 e. The van der Waals surface area contributed by atoms with Gasteiger partial charge in [0.1, 0.15) is 0 Å². The van der Waals surface area contributed by atoms with E-state index < -0.39 is 0 Å². The van der Waals surface area contributed by atoms with E-state index in [1.54, 1.807) is 0 Å². The minimum absolute atomic E-state index is 0.0899. The Morgan fingerprint density at radius 3 is 1.26 bits per heavy atom. The van der Waals surface area contributed by atoms with E-state index in [4.69, 9.17) is 0 Å². The second-order valence-corrected chi connectivity index (χ2v) is 5.46. The molecule has 0 aromatic carbocycles. The fraction of sp³-hybridized carbons (Fsp3) is 1.00. The molecule has 0 bridgehead atoms. The van der Waals surface area contributed by atoms with Crippen molar-refractivity contribution in [2.45, 2.75) is 97.7 Å². The maximum atomic E-state index is 9.90. The van der Waals surface area contributed by atoms with Gasteiger partial charge in [-0.1, -0.05) is 53.4 Å². The first-order chi connectivity index (χ1) is 9.27. The lowest BCUT2D eigenvalue weighted by Gasteiger charge is -2.34. The van der Waals surface area contributed by atoms with Crippen LogP contribution in [0.2, 0.25) is 0 Å². The summed E-state index contributed by atoms with van der Waals surface area (Å²) in [7, 11) is 0. The van der Waals surface area contributed by atoms with Crippen molar-refractivity contribution in [3.8, 4) is 0 Å². The van der Waals surface area contributed by atoms with E-state index in [9.17, 15) is 10.2 Å². The van der Waals surface area contributed by atoms with Crippen LogP contribution >= 0.6 is 0 Å². The molecule has 2 N–H and O–H groups in total. The molecule has 19 heavy (non-hydrogen) atoms. The van der Waals surface area contributed by atoms with E-state index >= 15 is 0 Å². The van der Waals surface area contributed by atoms with Crippen LogP contribution in [0.3, 0.4) is 0 Å². The van der Waals surface area contributed by atoms with Crippen LogP contribution in [0.4, 0.5) is 0 Å². The summed E-state index contributed by atoms with van der Waals surface area (Å²) in [6.07, 6.45) is 10.1. The third-order valence-electron chi connectivity index (χ3n) is 4.34. The van der Waals surface area contributed by atoms with Crippen LogP contribution in [0.15, 0.2) is 0 Å². The molecule has 2 fully saturated rings. The summed E-state index contributed by atoms with van der Waals surface area (Å²) in [6, 6.07) is 0. The van der Waals surface area contributed by atoms with Gasteiger partial charge in [-0.2, -0.15) is 0 Å². The molecule has 2 saturated carbocycles. The van der Waals surface area contributed by atoms with Crippen molar-refractivity contribution in [1.82, 2.24) is 0 Å². The summed E-state index contributed by atoms with van der Waals surface area (Å²) in [6.45, 7) is 8.00. The van der Waals surface area contributed by atoms with Crippen molar-refractivity contribution in [2.75, 3.05) is 0 Å². The predicted octanol–water partition coefficient (Wildman–Crippen LogP) is 4.53. The van der Waals surface area contributed by atoms with Gasteiger partial charge in [-0.15, -0.1) is 0 Å². The van der Waals surface area contributed by atoms with Crippen LogP contribution in [-0.4, -0.2) is 22.4 Å². The second kappa shape index (κ2) is 11.7. The molecule has 2 rings (SSSR count). The summed E-state index contributed by atoms with van der Waals surface area (Å²) in [5.41, 5.74) is 0. The second-order valence-electron chi connectivity index (χ2n) is 5.46. The largest absolute Gasteiger partial charge is 0.393 e. The zero-order valence-corrected chi connectivity index (χ0v) is 13.6. The van der Waals surface area contributed by atoms with Crippen LogP contribution in [0, 0.1) is 11.8 Å². The van der Waals surface area contributed by atoms with Gasteiger partial charge in [-0.05, 0) is 43.9 Å². The molecule has 0 aromatic rings. The maximum absolute atomic E-state index is 9.90. The fourth-order valence-electron chi connectivity index (χ4n) is 3.31. The average molecular weight is 272 g/mol. The Kier molecular flexibility index (Phi) is 11.7. The Hall–Kier alpha value is -0.0800. The third kappa shape index (κ3) is 6.76. The molecule has 0 aromatic heterocycles. The summed E-state index contributed by atoms with van der Waals surface area (Å²) >= 11 is 0. The number of hydrogen-bond donors (Lipinski definition) is 2.